The molecule has 1 saturated carbocycles. The molecule has 92 valence electrons. The minimum absolute atomic E-state index is 0.247. The number of carbonyl (C=O) groups is 1. The summed E-state index contributed by atoms with van der Waals surface area (Å²) in [7, 11) is 0. The molecule has 0 N–H and O–H groups in total. The van der Waals surface area contributed by atoms with Crippen molar-refractivity contribution in [3.63, 3.8) is 0 Å². The van der Waals surface area contributed by atoms with Crippen LogP contribution < -0.4 is 4.90 Å². The molecule has 1 aliphatic rings. The third-order valence-corrected chi connectivity index (χ3v) is 3.25. The van der Waals surface area contributed by atoms with E-state index in [0.717, 1.165) is 25.3 Å². The smallest absolute Gasteiger partial charge is 0.156 e. The third-order valence-electron chi connectivity index (χ3n) is 2.97. The van der Waals surface area contributed by atoms with Gasteiger partial charge in [0.2, 0.25) is 0 Å². The lowest BCUT2D eigenvalue weighted by atomic mass is 10.2. The fourth-order valence-electron chi connectivity index (χ4n) is 1.85. The highest BCUT2D eigenvalue weighted by atomic mass is 35.5. The first-order valence-corrected chi connectivity index (χ1v) is 6.27. The molecule has 17 heavy (non-hydrogen) atoms. The number of aldehydes is 1. The summed E-state index contributed by atoms with van der Waals surface area (Å²) in [6.45, 7) is 5.62. The molecule has 1 heterocycles. The van der Waals surface area contributed by atoms with Gasteiger partial charge in [-0.05, 0) is 32.6 Å². The van der Waals surface area contributed by atoms with E-state index in [9.17, 15) is 4.79 Å². The summed E-state index contributed by atoms with van der Waals surface area (Å²) in [6.07, 6.45) is 3.28. The van der Waals surface area contributed by atoms with E-state index in [2.05, 4.69) is 21.8 Å². The van der Waals surface area contributed by atoms with E-state index in [0.29, 0.717) is 17.2 Å². The van der Waals surface area contributed by atoms with Gasteiger partial charge in [0.1, 0.15) is 16.8 Å². The number of hydrogen-bond donors (Lipinski definition) is 0. The van der Waals surface area contributed by atoms with Gasteiger partial charge in [0.15, 0.2) is 6.29 Å². The van der Waals surface area contributed by atoms with Crippen LogP contribution in [-0.2, 0) is 0 Å². The Morgan fingerprint density at radius 2 is 2.18 bits per heavy atom. The number of halogens is 1. The zero-order chi connectivity index (χ0) is 12.4. The van der Waals surface area contributed by atoms with Crippen LogP contribution in [0.1, 0.15) is 35.9 Å². The first-order chi connectivity index (χ1) is 8.15. The number of anilines is 1. The van der Waals surface area contributed by atoms with Gasteiger partial charge in [0.25, 0.3) is 0 Å². The van der Waals surface area contributed by atoms with Crippen LogP contribution in [0.3, 0.4) is 0 Å². The molecule has 1 aromatic heterocycles. The molecule has 1 fully saturated rings. The molecule has 0 aromatic carbocycles. The van der Waals surface area contributed by atoms with E-state index in [4.69, 9.17) is 11.6 Å². The average molecular weight is 254 g/mol. The van der Waals surface area contributed by atoms with Crippen molar-refractivity contribution in [3.05, 3.63) is 16.5 Å². The number of nitrogens with zero attached hydrogens (tertiary/aromatic N) is 3. The van der Waals surface area contributed by atoms with E-state index < -0.39 is 0 Å². The van der Waals surface area contributed by atoms with E-state index >= 15 is 0 Å². The van der Waals surface area contributed by atoms with Crippen LogP contribution in [0.5, 0.6) is 0 Å². The van der Waals surface area contributed by atoms with Crippen LogP contribution in [0.2, 0.25) is 5.15 Å². The third kappa shape index (κ3) is 2.75. The molecule has 0 amide bonds. The maximum absolute atomic E-state index is 11.1. The standard InChI is InChI=1S/C12H16ClN3O/c1-3-16(6-9-4-5-9)12-10(7-17)11(13)14-8(2)15-12/h7,9H,3-6H2,1-2H3. The second kappa shape index (κ2) is 5.00. The molecular weight excluding hydrogens is 238 g/mol. The molecule has 0 atom stereocenters. The molecule has 0 saturated heterocycles. The van der Waals surface area contributed by atoms with Gasteiger partial charge in [-0.15, -0.1) is 0 Å². The number of aryl methyl sites for hydroxylation is 1. The number of carbonyl (C=O) groups excluding carboxylic acids is 1. The molecule has 2 rings (SSSR count). The first-order valence-electron chi connectivity index (χ1n) is 5.90. The minimum atomic E-state index is 0.247. The number of hydrogen-bond acceptors (Lipinski definition) is 4. The summed E-state index contributed by atoms with van der Waals surface area (Å²) in [5.74, 6) is 2.01. The van der Waals surface area contributed by atoms with Gasteiger partial charge in [-0.25, -0.2) is 9.97 Å². The van der Waals surface area contributed by atoms with E-state index in [-0.39, 0.29) is 5.15 Å². The SMILES string of the molecule is CCN(CC1CC1)c1nc(C)nc(Cl)c1C=O. The van der Waals surface area contributed by atoms with Crippen LogP contribution in [0.4, 0.5) is 5.82 Å². The zero-order valence-corrected chi connectivity index (χ0v) is 10.9. The van der Waals surface area contributed by atoms with E-state index in [1.165, 1.54) is 12.8 Å². The quantitative estimate of drug-likeness (QED) is 0.598. The van der Waals surface area contributed by atoms with Crippen molar-refractivity contribution >= 4 is 23.7 Å². The molecule has 0 unspecified atom stereocenters. The Bertz CT molecular complexity index is 432. The highest BCUT2D eigenvalue weighted by Gasteiger charge is 2.26. The molecule has 0 bridgehead atoms. The Labute approximate surface area is 106 Å². The summed E-state index contributed by atoms with van der Waals surface area (Å²) >= 11 is 5.98. The maximum Gasteiger partial charge on any atom is 0.156 e. The predicted molar refractivity (Wildman–Crippen MR) is 67.8 cm³/mol. The van der Waals surface area contributed by atoms with Gasteiger partial charge < -0.3 is 4.90 Å². The fourth-order valence-corrected chi connectivity index (χ4v) is 2.10. The molecule has 1 aliphatic carbocycles. The Hall–Kier alpha value is -1.16. The Kier molecular flexibility index (Phi) is 3.62. The van der Waals surface area contributed by atoms with Crippen molar-refractivity contribution in [2.24, 2.45) is 5.92 Å². The van der Waals surface area contributed by atoms with Crippen molar-refractivity contribution < 1.29 is 4.79 Å². The molecular formula is C12H16ClN3O. The Morgan fingerprint density at radius 1 is 1.47 bits per heavy atom. The number of aromatic nitrogens is 2. The van der Waals surface area contributed by atoms with Crippen LogP contribution in [0.25, 0.3) is 0 Å². The van der Waals surface area contributed by atoms with Crippen molar-refractivity contribution in [2.75, 3.05) is 18.0 Å². The summed E-state index contributed by atoms with van der Waals surface area (Å²) in [4.78, 5) is 21.6. The lowest BCUT2D eigenvalue weighted by Crippen LogP contribution is -2.28. The maximum atomic E-state index is 11.1. The molecule has 0 aliphatic heterocycles. The second-order valence-electron chi connectivity index (χ2n) is 4.40. The van der Waals surface area contributed by atoms with Crippen molar-refractivity contribution in [1.82, 2.24) is 9.97 Å². The number of rotatable bonds is 5. The predicted octanol–water partition coefficient (Wildman–Crippen LogP) is 2.49. The van der Waals surface area contributed by atoms with Crippen LogP contribution >= 0.6 is 11.6 Å². The summed E-state index contributed by atoms with van der Waals surface area (Å²) < 4.78 is 0. The lowest BCUT2D eigenvalue weighted by molar-refractivity contribution is 0.112. The topological polar surface area (TPSA) is 46.1 Å². The first kappa shape index (κ1) is 12.3. The molecule has 1 aromatic rings. The largest absolute Gasteiger partial charge is 0.356 e. The monoisotopic (exact) mass is 253 g/mol. The fraction of sp³-hybridized carbons (Fsp3) is 0.583. The van der Waals surface area contributed by atoms with Crippen LogP contribution in [0, 0.1) is 12.8 Å². The van der Waals surface area contributed by atoms with Gasteiger partial charge in [0.05, 0.1) is 5.56 Å². The van der Waals surface area contributed by atoms with Crippen LogP contribution in [-0.4, -0.2) is 29.3 Å². The molecule has 0 spiro atoms. The second-order valence-corrected chi connectivity index (χ2v) is 4.76. The summed E-state index contributed by atoms with van der Waals surface area (Å²) in [5, 5.41) is 0.247. The Morgan fingerprint density at radius 3 is 2.71 bits per heavy atom. The van der Waals surface area contributed by atoms with Gasteiger partial charge in [0, 0.05) is 13.1 Å². The van der Waals surface area contributed by atoms with Gasteiger partial charge >= 0.3 is 0 Å². The van der Waals surface area contributed by atoms with E-state index in [1.807, 2.05) is 0 Å². The summed E-state index contributed by atoms with van der Waals surface area (Å²) in [6, 6.07) is 0. The lowest BCUT2D eigenvalue weighted by Gasteiger charge is -2.23. The Balaban J connectivity index is 2.35. The normalized spacial score (nSPS) is 14.8. The van der Waals surface area contributed by atoms with Crippen molar-refractivity contribution in [3.8, 4) is 0 Å². The average Bonchev–Trinajstić information content (AvgIpc) is 3.08. The molecule has 4 nitrogen and oxygen atoms in total. The highest BCUT2D eigenvalue weighted by Crippen LogP contribution is 2.32. The zero-order valence-electron chi connectivity index (χ0n) is 10.1. The van der Waals surface area contributed by atoms with Crippen molar-refractivity contribution in [1.29, 1.82) is 0 Å². The van der Waals surface area contributed by atoms with E-state index in [1.54, 1.807) is 6.92 Å². The highest BCUT2D eigenvalue weighted by molar-refractivity contribution is 6.32. The molecule has 0 radical (unpaired) electrons. The molecule has 5 heteroatoms. The minimum Gasteiger partial charge on any atom is -0.356 e. The van der Waals surface area contributed by atoms with Gasteiger partial charge in [-0.3, -0.25) is 4.79 Å². The van der Waals surface area contributed by atoms with Crippen LogP contribution in [0.15, 0.2) is 0 Å². The van der Waals surface area contributed by atoms with Gasteiger partial charge in [-0.2, -0.15) is 0 Å². The van der Waals surface area contributed by atoms with Crippen molar-refractivity contribution in [2.45, 2.75) is 26.7 Å². The summed E-state index contributed by atoms with van der Waals surface area (Å²) in [5.41, 5.74) is 0.403. The van der Waals surface area contributed by atoms with Gasteiger partial charge in [-0.1, -0.05) is 11.6 Å².